The lowest BCUT2D eigenvalue weighted by molar-refractivity contribution is -0.140. The van der Waals surface area contributed by atoms with E-state index in [0.29, 0.717) is 10.7 Å². The Kier molecular flexibility index (Phi) is 4.88. The fourth-order valence-electron chi connectivity index (χ4n) is 5.52. The zero-order valence-electron chi connectivity index (χ0n) is 18.1. The van der Waals surface area contributed by atoms with Crippen LogP contribution in [0.2, 0.25) is 5.02 Å². The van der Waals surface area contributed by atoms with Gasteiger partial charge in [0, 0.05) is 33.4 Å². The first-order chi connectivity index (χ1) is 16.5. The van der Waals surface area contributed by atoms with E-state index in [-0.39, 0.29) is 47.9 Å². The fourth-order valence-corrected chi connectivity index (χ4v) is 5.64. The lowest BCUT2D eigenvalue weighted by Gasteiger charge is -2.13. The van der Waals surface area contributed by atoms with Gasteiger partial charge in [0.25, 0.3) is 11.8 Å². The Bertz CT molecular complexity index is 1360. The van der Waals surface area contributed by atoms with Crippen molar-refractivity contribution in [3.63, 3.8) is 0 Å². The topological polar surface area (TPSA) is 83.8 Å². The van der Waals surface area contributed by atoms with Crippen molar-refractivity contribution in [3.05, 3.63) is 77.5 Å². The van der Waals surface area contributed by atoms with Gasteiger partial charge >= 0.3 is 0 Å². The summed E-state index contributed by atoms with van der Waals surface area (Å²) in [5.74, 6) is -0.883. The second-order valence-corrected chi connectivity index (χ2v) is 9.45. The molecule has 2 bridgehead atoms. The van der Waals surface area contributed by atoms with Crippen LogP contribution in [0.1, 0.15) is 12.0 Å². The van der Waals surface area contributed by atoms with Crippen molar-refractivity contribution in [2.75, 3.05) is 5.32 Å². The molecule has 3 amide bonds. The zero-order valence-corrected chi connectivity index (χ0v) is 18.9. The second kappa shape index (κ2) is 7.95. The van der Waals surface area contributed by atoms with E-state index in [1.807, 2.05) is 35.0 Å². The molecule has 3 aliphatic rings. The van der Waals surface area contributed by atoms with Crippen molar-refractivity contribution in [1.29, 1.82) is 0 Å². The third-order valence-corrected chi connectivity index (χ3v) is 7.27. The number of carbonyl (C=O) groups is 3. The van der Waals surface area contributed by atoms with Gasteiger partial charge in [-0.3, -0.25) is 14.4 Å². The van der Waals surface area contributed by atoms with Crippen LogP contribution in [0.3, 0.4) is 0 Å². The molecule has 4 unspecified atom stereocenters. The number of benzene rings is 2. The summed E-state index contributed by atoms with van der Waals surface area (Å²) in [4.78, 5) is 38.5. The number of imide groups is 1. The van der Waals surface area contributed by atoms with Gasteiger partial charge in [0.05, 0.1) is 18.1 Å². The van der Waals surface area contributed by atoms with E-state index in [0.717, 1.165) is 27.9 Å². The Labute approximate surface area is 200 Å². The quantitative estimate of drug-likeness (QED) is 0.345. The van der Waals surface area contributed by atoms with E-state index in [9.17, 15) is 14.4 Å². The molecule has 1 aliphatic heterocycles. The van der Waals surface area contributed by atoms with Gasteiger partial charge in [0.2, 0.25) is 5.91 Å². The minimum Gasteiger partial charge on any atom is -0.337 e. The number of carbonyl (C=O) groups excluding carboxylic acids is 3. The number of halogens is 1. The summed E-state index contributed by atoms with van der Waals surface area (Å²) >= 11 is 5.91. The Morgan fingerprint density at radius 2 is 1.71 bits per heavy atom. The number of hydrogen-bond donors (Lipinski definition) is 1. The highest BCUT2D eigenvalue weighted by atomic mass is 35.5. The molecule has 2 fully saturated rings. The number of rotatable bonds is 5. The van der Waals surface area contributed by atoms with Crippen LogP contribution in [-0.4, -0.2) is 33.5 Å². The molecule has 0 radical (unpaired) electrons. The van der Waals surface area contributed by atoms with Crippen LogP contribution in [-0.2, 0) is 20.9 Å². The van der Waals surface area contributed by atoms with Crippen LogP contribution in [0.15, 0.2) is 72.0 Å². The lowest BCUT2D eigenvalue weighted by atomic mass is 9.85. The van der Waals surface area contributed by atoms with Gasteiger partial charge in [-0.2, -0.15) is 10.1 Å². The number of nitrogens with zero attached hydrogens (tertiary/aromatic N) is 3. The molecule has 6 rings (SSSR count). The molecule has 8 heteroatoms. The SMILES string of the molecule is O=C(Cn1cc(C=NN2C(=O)C3C4C=CC(C4)C3C2=O)c2ccccc21)Nc1ccc(Cl)cc1. The van der Waals surface area contributed by atoms with E-state index in [4.69, 9.17) is 11.6 Å². The Balaban J connectivity index is 1.24. The predicted molar refractivity (Wildman–Crippen MR) is 129 cm³/mol. The molecular formula is C26H21ClN4O3. The first-order valence-corrected chi connectivity index (χ1v) is 11.6. The first-order valence-electron chi connectivity index (χ1n) is 11.2. The van der Waals surface area contributed by atoms with E-state index < -0.39 is 0 Å². The van der Waals surface area contributed by atoms with Crippen molar-refractivity contribution in [2.24, 2.45) is 28.8 Å². The Morgan fingerprint density at radius 1 is 1.03 bits per heavy atom. The number of amides is 3. The van der Waals surface area contributed by atoms with E-state index in [1.54, 1.807) is 30.5 Å². The molecule has 1 N–H and O–H groups in total. The maximum atomic E-state index is 12.9. The number of para-hydroxylation sites is 1. The maximum Gasteiger partial charge on any atom is 0.254 e. The summed E-state index contributed by atoms with van der Waals surface area (Å²) in [5.41, 5.74) is 2.25. The summed E-state index contributed by atoms with van der Waals surface area (Å²) in [6.07, 6.45) is 8.37. The van der Waals surface area contributed by atoms with Crippen LogP contribution in [0.5, 0.6) is 0 Å². The molecule has 0 spiro atoms. The van der Waals surface area contributed by atoms with Gasteiger partial charge in [-0.25, -0.2) is 0 Å². The van der Waals surface area contributed by atoms with Crippen LogP contribution < -0.4 is 5.32 Å². The van der Waals surface area contributed by atoms with Crippen molar-refractivity contribution in [1.82, 2.24) is 9.58 Å². The molecule has 34 heavy (non-hydrogen) atoms. The number of hydrogen-bond acceptors (Lipinski definition) is 4. The Morgan fingerprint density at radius 3 is 2.41 bits per heavy atom. The van der Waals surface area contributed by atoms with Crippen molar-refractivity contribution in [3.8, 4) is 0 Å². The average Bonchev–Trinajstić information content (AvgIpc) is 3.58. The van der Waals surface area contributed by atoms with Gasteiger partial charge in [0.15, 0.2) is 0 Å². The number of nitrogens with one attached hydrogen (secondary N) is 1. The number of allylic oxidation sites excluding steroid dienone is 2. The Hall–Kier alpha value is -3.71. The smallest absolute Gasteiger partial charge is 0.254 e. The fraction of sp³-hybridized carbons (Fsp3) is 0.231. The monoisotopic (exact) mass is 472 g/mol. The summed E-state index contributed by atoms with van der Waals surface area (Å²) in [6, 6.07) is 14.6. The van der Waals surface area contributed by atoms with Gasteiger partial charge in [-0.05, 0) is 48.6 Å². The highest BCUT2D eigenvalue weighted by molar-refractivity contribution is 6.30. The van der Waals surface area contributed by atoms with E-state index >= 15 is 0 Å². The summed E-state index contributed by atoms with van der Waals surface area (Å²) < 4.78 is 1.83. The van der Waals surface area contributed by atoms with Crippen LogP contribution in [0.4, 0.5) is 5.69 Å². The average molecular weight is 473 g/mol. The molecule has 2 aliphatic carbocycles. The minimum absolute atomic E-state index is 0.0950. The van der Waals surface area contributed by atoms with E-state index in [2.05, 4.69) is 22.6 Å². The third-order valence-electron chi connectivity index (χ3n) is 7.02. The van der Waals surface area contributed by atoms with Crippen LogP contribution >= 0.6 is 11.6 Å². The van der Waals surface area contributed by atoms with E-state index in [1.165, 1.54) is 0 Å². The number of fused-ring (bicyclic) bond motifs is 6. The lowest BCUT2D eigenvalue weighted by Crippen LogP contribution is -2.28. The number of anilines is 1. The van der Waals surface area contributed by atoms with Gasteiger partial charge in [-0.15, -0.1) is 0 Å². The molecule has 1 aromatic heterocycles. The number of aromatic nitrogens is 1. The highest BCUT2D eigenvalue weighted by Gasteiger charge is 2.59. The summed E-state index contributed by atoms with van der Waals surface area (Å²) in [7, 11) is 0. The van der Waals surface area contributed by atoms with Gasteiger partial charge < -0.3 is 9.88 Å². The molecule has 1 saturated carbocycles. The zero-order chi connectivity index (χ0) is 23.4. The van der Waals surface area contributed by atoms with Gasteiger partial charge in [-0.1, -0.05) is 42.0 Å². The molecule has 2 aromatic carbocycles. The largest absolute Gasteiger partial charge is 0.337 e. The van der Waals surface area contributed by atoms with Crippen LogP contribution in [0, 0.1) is 23.7 Å². The van der Waals surface area contributed by atoms with Crippen molar-refractivity contribution in [2.45, 2.75) is 13.0 Å². The third kappa shape index (κ3) is 3.35. The molecule has 1 saturated heterocycles. The molecule has 2 heterocycles. The summed E-state index contributed by atoms with van der Waals surface area (Å²) in [5, 5.41) is 9.69. The molecule has 3 aromatic rings. The maximum absolute atomic E-state index is 12.9. The second-order valence-electron chi connectivity index (χ2n) is 9.02. The van der Waals surface area contributed by atoms with Crippen LogP contribution in [0.25, 0.3) is 10.9 Å². The minimum atomic E-state index is -0.280. The molecular weight excluding hydrogens is 452 g/mol. The predicted octanol–water partition coefficient (Wildman–Crippen LogP) is 4.07. The highest BCUT2D eigenvalue weighted by Crippen LogP contribution is 2.52. The first kappa shape index (κ1) is 20.9. The summed E-state index contributed by atoms with van der Waals surface area (Å²) in [6.45, 7) is 0.0950. The standard InChI is InChI=1S/C26H21ClN4O3/c27-18-7-9-19(10-8-18)29-22(32)14-30-13-17(20-3-1-2-4-21(20)30)12-28-31-25(33)23-15-5-6-16(11-15)24(23)26(31)34/h1-10,12-13,15-16,23-24H,11,14H2,(H,29,32). The molecule has 4 atom stereocenters. The van der Waals surface area contributed by atoms with Crippen molar-refractivity contribution >= 4 is 52.1 Å². The van der Waals surface area contributed by atoms with Crippen molar-refractivity contribution < 1.29 is 14.4 Å². The molecule has 170 valence electrons. The normalized spacial score (nSPS) is 25.1. The molecule has 7 nitrogen and oxygen atoms in total. The van der Waals surface area contributed by atoms with Gasteiger partial charge in [0.1, 0.15) is 6.54 Å². The number of hydrazone groups is 1.